The fraction of sp³-hybridized carbons (Fsp3) is 0.304. The van der Waals surface area contributed by atoms with E-state index in [0.717, 1.165) is 5.56 Å². The number of nitrogens with two attached hydrogens (primary N) is 1. The van der Waals surface area contributed by atoms with Gasteiger partial charge in [-0.05, 0) is 17.2 Å². The van der Waals surface area contributed by atoms with Crippen LogP contribution in [-0.2, 0) is 26.4 Å². The molecule has 0 aromatic heterocycles. The lowest BCUT2D eigenvalue weighted by atomic mass is 9.85. The van der Waals surface area contributed by atoms with Crippen molar-refractivity contribution in [1.29, 1.82) is 0 Å². The molecule has 2 N–H and O–H groups in total. The number of rotatable bonds is 10. The summed E-state index contributed by atoms with van der Waals surface area (Å²) < 4.78 is 21.0. The molecule has 0 bridgehead atoms. The first-order chi connectivity index (χ1) is 15.4. The topological polar surface area (TPSA) is 100 Å². The van der Waals surface area contributed by atoms with E-state index in [1.54, 1.807) is 18.2 Å². The summed E-state index contributed by atoms with van der Waals surface area (Å²) >= 11 is 6.36. The van der Waals surface area contributed by atoms with Gasteiger partial charge in [-0.1, -0.05) is 41.9 Å². The Labute approximate surface area is 191 Å². The van der Waals surface area contributed by atoms with Crippen molar-refractivity contribution in [3.8, 4) is 11.5 Å². The summed E-state index contributed by atoms with van der Waals surface area (Å²) in [6, 6.07) is 10.2. The van der Waals surface area contributed by atoms with Gasteiger partial charge in [0.25, 0.3) is 5.91 Å². The van der Waals surface area contributed by atoms with Crippen molar-refractivity contribution in [1.82, 2.24) is 4.90 Å². The van der Waals surface area contributed by atoms with Crippen LogP contribution in [0.2, 0.25) is 5.02 Å². The average molecular weight is 461 g/mol. The van der Waals surface area contributed by atoms with Crippen LogP contribution in [0.5, 0.6) is 11.5 Å². The van der Waals surface area contributed by atoms with Crippen LogP contribution in [-0.4, -0.2) is 44.5 Å². The normalized spacial score (nSPS) is 17.0. The highest BCUT2D eigenvalue weighted by atomic mass is 35.5. The summed E-state index contributed by atoms with van der Waals surface area (Å²) in [7, 11) is 2.93. The second-order valence-electron chi connectivity index (χ2n) is 7.15. The van der Waals surface area contributed by atoms with Gasteiger partial charge in [0.1, 0.15) is 11.5 Å². The van der Waals surface area contributed by atoms with Crippen LogP contribution in [0.1, 0.15) is 27.9 Å². The Hall–Kier alpha value is -3.07. The van der Waals surface area contributed by atoms with Gasteiger partial charge in [-0.3, -0.25) is 9.59 Å². The third-order valence-electron chi connectivity index (χ3n) is 5.27. The minimum Gasteiger partial charge on any atom is -0.467 e. The summed E-state index contributed by atoms with van der Waals surface area (Å²) in [6.45, 7) is 3.81. The first-order valence-corrected chi connectivity index (χ1v) is 10.2. The fourth-order valence-electron chi connectivity index (χ4n) is 3.88. The number of carbonyl (C=O) groups excluding carboxylic acids is 2. The molecule has 8 nitrogen and oxygen atoms in total. The number of hydrogen-bond donors (Lipinski definition) is 1. The summed E-state index contributed by atoms with van der Waals surface area (Å²) in [4.78, 5) is 28.0. The smallest absolute Gasteiger partial charge is 0.259 e. The zero-order valence-electron chi connectivity index (χ0n) is 17.9. The van der Waals surface area contributed by atoms with Crippen LogP contribution in [0.3, 0.4) is 0 Å². The summed E-state index contributed by atoms with van der Waals surface area (Å²) in [5, 5.41) is 0.181. The number of carbonyl (C=O) groups is 2. The van der Waals surface area contributed by atoms with Gasteiger partial charge >= 0.3 is 0 Å². The predicted molar refractivity (Wildman–Crippen MR) is 118 cm³/mol. The molecule has 0 radical (unpaired) electrons. The molecule has 0 saturated heterocycles. The number of fused-ring (bicyclic) bond motifs is 1. The lowest BCUT2D eigenvalue weighted by Gasteiger charge is -2.36. The van der Waals surface area contributed by atoms with Gasteiger partial charge in [-0.2, -0.15) is 0 Å². The molecule has 1 aliphatic heterocycles. The monoisotopic (exact) mass is 460 g/mol. The molecule has 1 aliphatic rings. The molecular formula is C23H25ClN2O6. The second kappa shape index (κ2) is 10.0. The largest absolute Gasteiger partial charge is 0.467 e. The third-order valence-corrected chi connectivity index (χ3v) is 5.57. The Morgan fingerprint density at radius 2 is 1.81 bits per heavy atom. The molecule has 0 saturated carbocycles. The van der Waals surface area contributed by atoms with Crippen LogP contribution in [0.15, 0.2) is 49.1 Å². The Morgan fingerprint density at radius 3 is 2.44 bits per heavy atom. The molecule has 2 aromatic carbocycles. The van der Waals surface area contributed by atoms with Crippen molar-refractivity contribution in [3.63, 3.8) is 0 Å². The molecule has 0 fully saturated rings. The quantitative estimate of drug-likeness (QED) is 0.431. The van der Waals surface area contributed by atoms with Crippen LogP contribution in [0.4, 0.5) is 0 Å². The lowest BCUT2D eigenvalue weighted by Crippen LogP contribution is -2.53. The van der Waals surface area contributed by atoms with E-state index in [-0.39, 0.29) is 48.6 Å². The zero-order valence-corrected chi connectivity index (χ0v) is 18.7. The molecule has 0 aliphatic carbocycles. The highest BCUT2D eigenvalue weighted by Crippen LogP contribution is 2.44. The van der Waals surface area contributed by atoms with Crippen molar-refractivity contribution in [2.75, 3.05) is 27.8 Å². The first kappa shape index (κ1) is 23.6. The second-order valence-corrected chi connectivity index (χ2v) is 7.55. The Bertz CT molecular complexity index is 1030. The van der Waals surface area contributed by atoms with E-state index in [2.05, 4.69) is 6.58 Å². The van der Waals surface area contributed by atoms with E-state index >= 15 is 0 Å². The number of hydrogen-bond acceptors (Lipinski definition) is 6. The number of amides is 2. The van der Waals surface area contributed by atoms with Gasteiger partial charge in [-0.15, -0.1) is 6.58 Å². The Kier molecular flexibility index (Phi) is 7.40. The maximum absolute atomic E-state index is 13.8. The molecule has 2 amide bonds. The van der Waals surface area contributed by atoms with Gasteiger partial charge in [-0.25, -0.2) is 0 Å². The maximum Gasteiger partial charge on any atom is 0.259 e. The number of benzene rings is 2. The molecule has 170 valence electrons. The van der Waals surface area contributed by atoms with Crippen LogP contribution < -0.4 is 15.2 Å². The Morgan fingerprint density at radius 1 is 1.16 bits per heavy atom. The molecule has 1 atom stereocenters. The summed E-state index contributed by atoms with van der Waals surface area (Å²) in [5.41, 5.74) is 6.13. The number of primary amides is 1. The van der Waals surface area contributed by atoms with E-state index in [0.29, 0.717) is 5.56 Å². The fourth-order valence-corrected chi connectivity index (χ4v) is 4.09. The minimum absolute atomic E-state index is 0.0394. The number of methoxy groups -OCH3 is 2. The molecular weight excluding hydrogens is 436 g/mol. The van der Waals surface area contributed by atoms with E-state index in [1.807, 2.05) is 12.1 Å². The highest BCUT2D eigenvalue weighted by molar-refractivity contribution is 6.32. The number of ether oxygens (including phenoxy) is 4. The SMILES string of the molecule is C=CCC1(C(N)=O)c2ccccc2CN1C(=O)c1cc(Cl)c(OCOC)cc1OCOC. The predicted octanol–water partition coefficient (Wildman–Crippen LogP) is 3.22. The van der Waals surface area contributed by atoms with E-state index in [4.69, 9.17) is 36.3 Å². The van der Waals surface area contributed by atoms with Crippen molar-refractivity contribution < 1.29 is 28.5 Å². The van der Waals surface area contributed by atoms with Crippen molar-refractivity contribution in [2.45, 2.75) is 18.5 Å². The molecule has 9 heteroatoms. The van der Waals surface area contributed by atoms with E-state index in [9.17, 15) is 9.59 Å². The highest BCUT2D eigenvalue weighted by Gasteiger charge is 2.51. The van der Waals surface area contributed by atoms with Gasteiger partial charge < -0.3 is 29.6 Å². The lowest BCUT2D eigenvalue weighted by molar-refractivity contribution is -0.128. The van der Waals surface area contributed by atoms with Crippen LogP contribution >= 0.6 is 11.6 Å². The molecule has 1 unspecified atom stereocenters. The van der Waals surface area contributed by atoms with Crippen molar-refractivity contribution >= 4 is 23.4 Å². The van der Waals surface area contributed by atoms with Gasteiger partial charge in [0.2, 0.25) is 5.91 Å². The number of halogens is 1. The van der Waals surface area contributed by atoms with Crippen LogP contribution in [0, 0.1) is 0 Å². The molecule has 3 rings (SSSR count). The first-order valence-electron chi connectivity index (χ1n) is 9.78. The van der Waals surface area contributed by atoms with Crippen molar-refractivity contribution in [3.05, 3.63) is 70.8 Å². The zero-order chi connectivity index (χ0) is 23.3. The van der Waals surface area contributed by atoms with Gasteiger partial charge in [0, 0.05) is 33.3 Å². The Balaban J connectivity index is 2.11. The van der Waals surface area contributed by atoms with Gasteiger partial charge in [0.15, 0.2) is 19.1 Å². The summed E-state index contributed by atoms with van der Waals surface area (Å²) in [6.07, 6.45) is 1.73. The maximum atomic E-state index is 13.8. The number of nitrogens with zero attached hydrogens (tertiary/aromatic N) is 1. The van der Waals surface area contributed by atoms with E-state index < -0.39 is 17.4 Å². The van der Waals surface area contributed by atoms with Gasteiger partial charge in [0.05, 0.1) is 10.6 Å². The van der Waals surface area contributed by atoms with Crippen LogP contribution in [0.25, 0.3) is 0 Å². The molecule has 1 heterocycles. The summed E-state index contributed by atoms with van der Waals surface area (Å²) in [5.74, 6) is -0.678. The standard InChI is InChI=1S/C23H25ClN2O6/c1-4-9-23(22(25)28)17-8-6-5-7-15(17)12-26(23)21(27)16-10-18(24)20(32-14-30-3)11-19(16)31-13-29-2/h4-8,10-11H,1,9,12-14H2,2-3H3,(H2,25,28). The average Bonchev–Trinajstić information content (AvgIpc) is 3.12. The van der Waals surface area contributed by atoms with Crippen molar-refractivity contribution in [2.24, 2.45) is 5.73 Å². The molecule has 0 spiro atoms. The molecule has 32 heavy (non-hydrogen) atoms. The minimum atomic E-state index is -1.38. The molecule has 2 aromatic rings. The van der Waals surface area contributed by atoms with E-state index in [1.165, 1.54) is 31.3 Å². The third kappa shape index (κ3) is 4.17.